The largest absolute Gasteiger partial charge is 0.375 e. The summed E-state index contributed by atoms with van der Waals surface area (Å²) in [5.74, 6) is 4.62. The highest BCUT2D eigenvalue weighted by Crippen LogP contribution is 2.36. The van der Waals surface area contributed by atoms with Crippen molar-refractivity contribution in [3.8, 4) is 0 Å². The van der Waals surface area contributed by atoms with E-state index in [2.05, 4.69) is 0 Å². The van der Waals surface area contributed by atoms with Crippen molar-refractivity contribution in [3.63, 3.8) is 0 Å². The van der Waals surface area contributed by atoms with Crippen LogP contribution < -0.4 is 11.3 Å². The van der Waals surface area contributed by atoms with Crippen LogP contribution in [0.25, 0.3) is 0 Å². The summed E-state index contributed by atoms with van der Waals surface area (Å²) in [6.45, 7) is 0.0963. The molecule has 0 radical (unpaired) electrons. The highest BCUT2D eigenvalue weighted by Gasteiger charge is 2.50. The van der Waals surface area contributed by atoms with Gasteiger partial charge < -0.3 is 4.74 Å². The summed E-state index contributed by atoms with van der Waals surface area (Å²) in [4.78, 5) is 11.8. The van der Waals surface area contributed by atoms with Crippen molar-refractivity contribution in [1.82, 2.24) is 5.43 Å². The Bertz CT molecular complexity index is 390. The summed E-state index contributed by atoms with van der Waals surface area (Å²) in [7, 11) is -1.03. The lowest BCUT2D eigenvalue weighted by atomic mass is 10.1. The molecule has 0 aliphatic carbocycles. The summed E-state index contributed by atoms with van der Waals surface area (Å²) in [6.07, 6.45) is 0. The third-order valence-electron chi connectivity index (χ3n) is 2.17. The molecule has 2 unspecified atom stereocenters. The van der Waals surface area contributed by atoms with Gasteiger partial charge in [0.15, 0.2) is 0 Å². The third-order valence-corrected chi connectivity index (χ3v) is 3.27. The van der Waals surface area contributed by atoms with E-state index in [-0.39, 0.29) is 12.5 Å². The lowest BCUT2D eigenvalue weighted by molar-refractivity contribution is -0.137. The van der Waals surface area contributed by atoms with Gasteiger partial charge in [0.25, 0.3) is 0 Å². The van der Waals surface area contributed by atoms with Crippen molar-refractivity contribution in [1.29, 1.82) is 0 Å². The first-order chi connectivity index (χ1) is 8.21. The molecule has 17 heavy (non-hydrogen) atoms. The topological polar surface area (TPSA) is 81.4 Å². The fourth-order valence-electron chi connectivity index (χ4n) is 1.38. The molecular formula is C10H13ClN2O3P+. The zero-order valence-corrected chi connectivity index (χ0v) is 10.7. The van der Waals surface area contributed by atoms with Crippen molar-refractivity contribution >= 4 is 26.0 Å². The molecular weight excluding hydrogens is 263 g/mol. The molecule has 1 amide bonds. The number of carbonyl (C=O) groups excluding carboxylic acids is 1. The normalized spacial score (nSPS) is 14.2. The number of amides is 1. The monoisotopic (exact) mass is 275 g/mol. The number of benzene rings is 1. The fourth-order valence-corrected chi connectivity index (χ4v) is 2.07. The van der Waals surface area contributed by atoms with E-state index in [0.717, 1.165) is 0 Å². The molecule has 1 aromatic rings. The molecule has 0 aromatic heterocycles. The first-order valence-electron chi connectivity index (χ1n) is 4.87. The number of hydrogen-bond donors (Lipinski definition) is 2. The van der Waals surface area contributed by atoms with Crippen molar-refractivity contribution in [3.05, 3.63) is 35.9 Å². The Morgan fingerprint density at radius 3 is 2.59 bits per heavy atom. The Hall–Kier alpha value is -1.00. The van der Waals surface area contributed by atoms with Crippen LogP contribution in [0.1, 0.15) is 5.56 Å². The maximum Gasteiger partial charge on any atom is 0.375 e. The van der Waals surface area contributed by atoms with Gasteiger partial charge in [0, 0.05) is 11.4 Å². The van der Waals surface area contributed by atoms with Gasteiger partial charge in [-0.15, -0.1) is 11.6 Å². The fraction of sp³-hybridized carbons (Fsp3) is 0.300. The highest BCUT2D eigenvalue weighted by molar-refractivity contribution is 7.27. The highest BCUT2D eigenvalue weighted by atomic mass is 35.5. The third kappa shape index (κ3) is 3.01. The summed E-state index contributed by atoms with van der Waals surface area (Å²) >= 11 is 5.51. The van der Waals surface area contributed by atoms with E-state index in [4.69, 9.17) is 22.2 Å². The molecule has 3 N–H and O–H groups in total. The van der Waals surface area contributed by atoms with Gasteiger partial charge in [-0.05, 0) is 0 Å². The van der Waals surface area contributed by atoms with Crippen molar-refractivity contribution in [2.24, 2.45) is 5.84 Å². The van der Waals surface area contributed by atoms with Gasteiger partial charge >= 0.3 is 19.7 Å². The second kappa shape index (κ2) is 6.67. The molecule has 0 saturated heterocycles. The SMILES string of the molecule is NNC(=O)C(OCCCl)([PH+]=O)c1ccccc1. The van der Waals surface area contributed by atoms with E-state index < -0.39 is 19.7 Å². The Morgan fingerprint density at radius 1 is 1.47 bits per heavy atom. The molecule has 0 heterocycles. The van der Waals surface area contributed by atoms with E-state index in [1.54, 1.807) is 30.3 Å². The maximum absolute atomic E-state index is 11.8. The zero-order valence-electron chi connectivity index (χ0n) is 8.98. The van der Waals surface area contributed by atoms with Crippen LogP contribution in [-0.4, -0.2) is 18.4 Å². The maximum atomic E-state index is 11.8. The van der Waals surface area contributed by atoms with Crippen molar-refractivity contribution in [2.45, 2.75) is 5.34 Å². The van der Waals surface area contributed by atoms with Crippen molar-refractivity contribution < 1.29 is 14.1 Å². The van der Waals surface area contributed by atoms with Gasteiger partial charge in [0.2, 0.25) is 0 Å². The molecule has 0 spiro atoms. The molecule has 0 bridgehead atoms. The van der Waals surface area contributed by atoms with Gasteiger partial charge in [0.05, 0.1) is 6.61 Å². The van der Waals surface area contributed by atoms with E-state index >= 15 is 0 Å². The Kier molecular flexibility index (Phi) is 5.51. The number of halogens is 1. The number of rotatable bonds is 6. The average molecular weight is 276 g/mol. The van der Waals surface area contributed by atoms with Gasteiger partial charge in [-0.3, -0.25) is 10.2 Å². The predicted octanol–water partition coefficient (Wildman–Crippen LogP) is 1.11. The lowest BCUT2D eigenvalue weighted by Crippen LogP contribution is -2.46. The van der Waals surface area contributed by atoms with Crippen LogP contribution in [0.15, 0.2) is 30.3 Å². The molecule has 1 rings (SSSR count). The predicted molar refractivity (Wildman–Crippen MR) is 66.1 cm³/mol. The summed E-state index contributed by atoms with van der Waals surface area (Å²) in [5, 5.41) is -1.59. The van der Waals surface area contributed by atoms with E-state index in [9.17, 15) is 9.36 Å². The second-order valence-corrected chi connectivity index (χ2v) is 4.45. The first-order valence-corrected chi connectivity index (χ1v) is 6.31. The van der Waals surface area contributed by atoms with Gasteiger partial charge in [-0.1, -0.05) is 34.9 Å². The van der Waals surface area contributed by atoms with E-state index in [1.807, 2.05) is 5.43 Å². The van der Waals surface area contributed by atoms with Crippen LogP contribution in [0.4, 0.5) is 0 Å². The molecule has 92 valence electrons. The minimum Gasteiger partial charge on any atom is -0.320 e. The summed E-state index contributed by atoms with van der Waals surface area (Å²) < 4.78 is 16.7. The number of nitrogens with one attached hydrogen (secondary N) is 1. The number of nitrogens with two attached hydrogens (primary N) is 1. The number of ether oxygens (including phenoxy) is 1. The van der Waals surface area contributed by atoms with Crippen LogP contribution in [-0.2, 0) is 19.4 Å². The number of hydrogen-bond acceptors (Lipinski definition) is 4. The van der Waals surface area contributed by atoms with Gasteiger partial charge in [0.1, 0.15) is 0 Å². The Balaban J connectivity index is 3.16. The van der Waals surface area contributed by atoms with Crippen LogP contribution in [0.5, 0.6) is 0 Å². The number of alkyl halides is 1. The molecule has 5 nitrogen and oxygen atoms in total. The summed E-state index contributed by atoms with van der Waals surface area (Å²) in [5.41, 5.74) is 2.44. The van der Waals surface area contributed by atoms with Gasteiger partial charge in [-0.25, -0.2) is 5.84 Å². The van der Waals surface area contributed by atoms with Crippen LogP contribution in [0.3, 0.4) is 0 Å². The summed E-state index contributed by atoms with van der Waals surface area (Å²) in [6, 6.07) is 8.52. The quantitative estimate of drug-likeness (QED) is 0.268. The molecule has 1 aromatic carbocycles. The minimum absolute atomic E-state index is 0.0963. The molecule has 0 aliphatic heterocycles. The Morgan fingerprint density at radius 2 is 2.12 bits per heavy atom. The molecule has 0 fully saturated rings. The minimum atomic E-state index is -1.59. The molecule has 7 heteroatoms. The van der Waals surface area contributed by atoms with Gasteiger partial charge in [-0.2, -0.15) is 0 Å². The molecule has 2 atom stereocenters. The van der Waals surface area contributed by atoms with Crippen LogP contribution in [0.2, 0.25) is 0 Å². The standard InChI is InChI=1S/C10H12ClN2O3P/c11-6-7-16-10(17-15,9(14)13-12)8-4-2-1-3-5-8/h1-5H,6-7,12H2,(H,13,14)/p+1. The lowest BCUT2D eigenvalue weighted by Gasteiger charge is -2.19. The zero-order chi connectivity index (χ0) is 12.7. The van der Waals surface area contributed by atoms with E-state index in [0.29, 0.717) is 5.56 Å². The first kappa shape index (κ1) is 14.1. The molecule has 0 aliphatic rings. The number of carbonyl (C=O) groups is 1. The molecule has 0 saturated carbocycles. The number of hydrazine groups is 1. The van der Waals surface area contributed by atoms with E-state index in [1.165, 1.54) is 0 Å². The van der Waals surface area contributed by atoms with Crippen LogP contribution in [0, 0.1) is 0 Å². The second-order valence-electron chi connectivity index (χ2n) is 3.16. The average Bonchev–Trinajstić information content (AvgIpc) is 2.41. The van der Waals surface area contributed by atoms with Crippen LogP contribution >= 0.6 is 20.1 Å². The smallest absolute Gasteiger partial charge is 0.320 e. The Labute approximate surface area is 105 Å². The van der Waals surface area contributed by atoms with Crippen molar-refractivity contribution in [2.75, 3.05) is 12.5 Å².